The van der Waals surface area contributed by atoms with Gasteiger partial charge >= 0.3 is 0 Å². The third-order valence-electron chi connectivity index (χ3n) is 3.10. The van der Waals surface area contributed by atoms with Gasteiger partial charge in [0.05, 0.1) is 11.5 Å². The van der Waals surface area contributed by atoms with E-state index in [1.54, 1.807) is 13.0 Å². The van der Waals surface area contributed by atoms with Gasteiger partial charge < -0.3 is 5.11 Å². The lowest BCUT2D eigenvalue weighted by atomic mass is 10.1. The number of aliphatic hydroxyl groups excluding tert-OH is 1. The van der Waals surface area contributed by atoms with Crippen LogP contribution in [0.1, 0.15) is 23.1 Å². The zero-order valence-electron chi connectivity index (χ0n) is 10.5. The summed E-state index contributed by atoms with van der Waals surface area (Å²) in [5, 5.41) is 9.08. The van der Waals surface area contributed by atoms with Crippen LogP contribution in [0.2, 0.25) is 0 Å². The standard InChI is InChI=1S/C12H17NO3S2/c1-9-3-5-13(6-4-9)18(15,16)12-7-11(8-14)17-10(12)2/h3,7,14H,4-6,8H2,1-2H3. The highest BCUT2D eigenvalue weighted by atomic mass is 32.2. The Morgan fingerprint density at radius 3 is 2.67 bits per heavy atom. The first-order valence-electron chi connectivity index (χ1n) is 5.81. The average molecular weight is 287 g/mol. The molecule has 1 aromatic rings. The van der Waals surface area contributed by atoms with Crippen molar-refractivity contribution in [1.82, 2.24) is 4.31 Å². The molecule has 0 spiro atoms. The van der Waals surface area contributed by atoms with Crippen LogP contribution in [0.4, 0.5) is 0 Å². The fourth-order valence-corrected chi connectivity index (χ4v) is 4.81. The lowest BCUT2D eigenvalue weighted by molar-refractivity contribution is 0.285. The summed E-state index contributed by atoms with van der Waals surface area (Å²) < 4.78 is 26.4. The van der Waals surface area contributed by atoms with E-state index in [9.17, 15) is 8.42 Å². The van der Waals surface area contributed by atoms with Crippen molar-refractivity contribution in [3.8, 4) is 0 Å². The van der Waals surface area contributed by atoms with E-state index in [2.05, 4.69) is 0 Å². The van der Waals surface area contributed by atoms with Crippen LogP contribution in [0.5, 0.6) is 0 Å². The summed E-state index contributed by atoms with van der Waals surface area (Å²) in [5.41, 5.74) is 1.24. The Morgan fingerprint density at radius 1 is 1.44 bits per heavy atom. The molecule has 0 aromatic carbocycles. The van der Waals surface area contributed by atoms with Crippen molar-refractivity contribution in [1.29, 1.82) is 0 Å². The lowest BCUT2D eigenvalue weighted by Gasteiger charge is -2.24. The first kappa shape index (κ1) is 13.7. The minimum atomic E-state index is -3.42. The molecule has 2 heterocycles. The first-order valence-corrected chi connectivity index (χ1v) is 8.06. The van der Waals surface area contributed by atoms with E-state index in [1.807, 2.05) is 13.0 Å². The van der Waals surface area contributed by atoms with Crippen LogP contribution in [0.3, 0.4) is 0 Å². The smallest absolute Gasteiger partial charge is 0.244 e. The van der Waals surface area contributed by atoms with E-state index in [1.165, 1.54) is 21.2 Å². The number of sulfonamides is 1. The van der Waals surface area contributed by atoms with E-state index in [-0.39, 0.29) is 6.61 Å². The summed E-state index contributed by atoms with van der Waals surface area (Å²) in [7, 11) is -3.42. The molecular formula is C12H17NO3S2. The maximum atomic E-state index is 12.5. The van der Waals surface area contributed by atoms with Crippen molar-refractivity contribution in [2.45, 2.75) is 31.8 Å². The molecule has 1 aliphatic rings. The number of hydrogen-bond acceptors (Lipinski definition) is 4. The Balaban J connectivity index is 2.33. The van der Waals surface area contributed by atoms with Gasteiger partial charge in [-0.3, -0.25) is 0 Å². The molecule has 6 heteroatoms. The molecule has 0 radical (unpaired) electrons. The number of hydrogen-bond donors (Lipinski definition) is 1. The first-order chi connectivity index (χ1) is 8.45. The minimum absolute atomic E-state index is 0.111. The maximum Gasteiger partial charge on any atom is 0.244 e. The molecule has 1 aromatic heterocycles. The second-order valence-electron chi connectivity index (χ2n) is 4.45. The van der Waals surface area contributed by atoms with Crippen molar-refractivity contribution in [2.24, 2.45) is 0 Å². The summed E-state index contributed by atoms with van der Waals surface area (Å²) in [4.78, 5) is 1.77. The van der Waals surface area contributed by atoms with E-state index < -0.39 is 10.0 Å². The van der Waals surface area contributed by atoms with Crippen LogP contribution in [0.15, 0.2) is 22.6 Å². The van der Waals surface area contributed by atoms with Gasteiger partial charge in [-0.25, -0.2) is 8.42 Å². The molecule has 2 rings (SSSR count). The molecule has 0 atom stereocenters. The molecule has 1 aliphatic heterocycles. The average Bonchev–Trinajstić information content (AvgIpc) is 2.72. The highest BCUT2D eigenvalue weighted by molar-refractivity contribution is 7.89. The number of aliphatic hydroxyl groups is 1. The van der Waals surface area contributed by atoms with Crippen molar-refractivity contribution < 1.29 is 13.5 Å². The topological polar surface area (TPSA) is 57.6 Å². The Morgan fingerprint density at radius 2 is 2.17 bits per heavy atom. The largest absolute Gasteiger partial charge is 0.391 e. The van der Waals surface area contributed by atoms with Gasteiger partial charge in [-0.2, -0.15) is 4.31 Å². The Labute approximate surface area is 112 Å². The van der Waals surface area contributed by atoms with Crippen LogP contribution in [-0.2, 0) is 16.6 Å². The third-order valence-corrected chi connectivity index (χ3v) is 6.25. The number of aryl methyl sites for hydroxylation is 1. The van der Waals surface area contributed by atoms with E-state index >= 15 is 0 Å². The quantitative estimate of drug-likeness (QED) is 0.864. The number of rotatable bonds is 3. The predicted molar refractivity (Wildman–Crippen MR) is 72.1 cm³/mol. The molecular weight excluding hydrogens is 270 g/mol. The highest BCUT2D eigenvalue weighted by Gasteiger charge is 2.28. The molecule has 0 amide bonds. The minimum Gasteiger partial charge on any atom is -0.391 e. The van der Waals surface area contributed by atoms with Crippen LogP contribution < -0.4 is 0 Å². The highest BCUT2D eigenvalue weighted by Crippen LogP contribution is 2.29. The Bertz CT molecular complexity index is 572. The molecule has 0 bridgehead atoms. The molecule has 18 heavy (non-hydrogen) atoms. The van der Waals surface area contributed by atoms with Crippen molar-refractivity contribution in [3.05, 3.63) is 27.5 Å². The molecule has 4 nitrogen and oxygen atoms in total. The lowest BCUT2D eigenvalue weighted by Crippen LogP contribution is -2.34. The second kappa shape index (κ2) is 5.13. The molecule has 0 saturated carbocycles. The van der Waals surface area contributed by atoms with E-state index in [4.69, 9.17) is 5.11 Å². The number of nitrogens with zero attached hydrogens (tertiary/aromatic N) is 1. The van der Waals surface area contributed by atoms with E-state index in [0.717, 1.165) is 11.3 Å². The van der Waals surface area contributed by atoms with Gasteiger partial charge in [-0.05, 0) is 26.3 Å². The van der Waals surface area contributed by atoms with Crippen LogP contribution in [-0.4, -0.2) is 30.9 Å². The van der Waals surface area contributed by atoms with Gasteiger partial charge in [0.25, 0.3) is 0 Å². The molecule has 100 valence electrons. The summed E-state index contributed by atoms with van der Waals surface area (Å²) in [6, 6.07) is 1.58. The predicted octanol–water partition coefficient (Wildman–Crippen LogP) is 1.89. The van der Waals surface area contributed by atoms with Gasteiger partial charge in [-0.15, -0.1) is 11.3 Å². The van der Waals surface area contributed by atoms with Crippen molar-refractivity contribution in [2.75, 3.05) is 13.1 Å². The fraction of sp³-hybridized carbons (Fsp3) is 0.500. The molecule has 0 fully saturated rings. The molecule has 0 aliphatic carbocycles. The van der Waals surface area contributed by atoms with Crippen LogP contribution in [0, 0.1) is 6.92 Å². The molecule has 0 unspecified atom stereocenters. The summed E-state index contributed by atoms with van der Waals surface area (Å²) >= 11 is 1.33. The summed E-state index contributed by atoms with van der Waals surface area (Å²) in [6.45, 7) is 4.66. The van der Waals surface area contributed by atoms with Crippen LogP contribution >= 0.6 is 11.3 Å². The van der Waals surface area contributed by atoms with Crippen molar-refractivity contribution in [3.63, 3.8) is 0 Å². The van der Waals surface area contributed by atoms with Gasteiger partial charge in [0, 0.05) is 22.8 Å². The number of thiophene rings is 1. The van der Waals surface area contributed by atoms with Crippen molar-refractivity contribution >= 4 is 21.4 Å². The third kappa shape index (κ3) is 2.51. The molecule has 1 N–H and O–H groups in total. The second-order valence-corrected chi connectivity index (χ2v) is 7.70. The zero-order chi connectivity index (χ0) is 13.3. The van der Waals surface area contributed by atoms with E-state index in [0.29, 0.717) is 22.9 Å². The normalized spacial score (nSPS) is 17.8. The fourth-order valence-electron chi connectivity index (χ4n) is 1.97. The summed E-state index contributed by atoms with van der Waals surface area (Å²) in [6.07, 6.45) is 2.74. The monoisotopic (exact) mass is 287 g/mol. The summed E-state index contributed by atoms with van der Waals surface area (Å²) in [5.74, 6) is 0. The van der Waals surface area contributed by atoms with Gasteiger partial charge in [0.2, 0.25) is 10.0 Å². The Kier molecular flexibility index (Phi) is 3.91. The Hall–Kier alpha value is -0.690. The van der Waals surface area contributed by atoms with Gasteiger partial charge in [0.15, 0.2) is 0 Å². The van der Waals surface area contributed by atoms with Crippen LogP contribution in [0.25, 0.3) is 0 Å². The SMILES string of the molecule is CC1=CCN(S(=O)(=O)c2cc(CO)sc2C)CC1. The molecule has 0 saturated heterocycles. The maximum absolute atomic E-state index is 12.5. The zero-order valence-corrected chi connectivity index (χ0v) is 12.1. The van der Waals surface area contributed by atoms with Gasteiger partial charge in [-0.1, -0.05) is 11.6 Å². The van der Waals surface area contributed by atoms with Gasteiger partial charge in [0.1, 0.15) is 0 Å².